The van der Waals surface area contributed by atoms with Crippen LogP contribution >= 0.6 is 22.7 Å². The molecule has 0 radical (unpaired) electrons. The molecule has 0 atom stereocenters. The topological polar surface area (TPSA) is 50.9 Å². The number of benzene rings is 10. The van der Waals surface area contributed by atoms with Crippen molar-refractivity contribution < 1.29 is 0 Å². The molecule has 0 spiro atoms. The molecule has 5 heterocycles. The number of thiophene rings is 2. The minimum atomic E-state index is 0.411. The molecule has 5 aromatic heterocycles. The van der Waals surface area contributed by atoms with Gasteiger partial charge in [0.2, 0.25) is 5.69 Å². The van der Waals surface area contributed by atoms with Crippen molar-refractivity contribution in [2.45, 2.75) is 0 Å². The van der Waals surface area contributed by atoms with Crippen molar-refractivity contribution in [3.63, 3.8) is 0 Å². The maximum atomic E-state index is 12.1. The molecule has 0 aliphatic rings. The van der Waals surface area contributed by atoms with Crippen LogP contribution in [0, 0.1) is 17.9 Å². The Hall–Kier alpha value is -8.85. The molecule has 7 heteroatoms. The highest BCUT2D eigenvalue weighted by molar-refractivity contribution is 7.27. The number of nitriles is 1. The summed E-state index contributed by atoms with van der Waals surface area (Å²) in [5, 5.41) is 24.6. The highest BCUT2D eigenvalue weighted by Gasteiger charge is 2.33. The van der Waals surface area contributed by atoms with Gasteiger partial charge in [-0.1, -0.05) is 146 Å². The standard InChI is InChI=1S/C61H31N5S2/c1-63-57-52(34-15-4-2-5-16-34)45(33-62)58(53(35-17-6-3-7-18-35)60(57)65-46-24-14-23-39-36-19-8-9-22-40(36)56-55(54(39)46)47(65)29-30-64-56)66-48-32-51-44(38-21-11-12-25-49(38)67-51)31-43(48)41-27-28-42-37-20-10-13-26-50(37)68-61(42)59(41)66/h2-32H. The van der Waals surface area contributed by atoms with Gasteiger partial charge in [-0.15, -0.1) is 22.7 Å². The Balaban J connectivity index is 1.24. The Morgan fingerprint density at radius 2 is 1.10 bits per heavy atom. The summed E-state index contributed by atoms with van der Waals surface area (Å²) in [5.41, 5.74) is 10.3. The predicted octanol–water partition coefficient (Wildman–Crippen LogP) is 17.5. The van der Waals surface area contributed by atoms with E-state index in [2.05, 4.69) is 166 Å². The Morgan fingerprint density at radius 3 is 1.85 bits per heavy atom. The first-order valence-corrected chi connectivity index (χ1v) is 24.2. The lowest BCUT2D eigenvalue weighted by molar-refractivity contribution is 1.14. The minimum absolute atomic E-state index is 0.411. The highest BCUT2D eigenvalue weighted by Crippen LogP contribution is 2.55. The predicted molar refractivity (Wildman–Crippen MR) is 287 cm³/mol. The van der Waals surface area contributed by atoms with Gasteiger partial charge in [0.1, 0.15) is 6.07 Å². The summed E-state index contributed by atoms with van der Waals surface area (Å²) in [6, 6.07) is 67.0. The fourth-order valence-electron chi connectivity index (χ4n) is 11.5. The lowest BCUT2D eigenvalue weighted by Crippen LogP contribution is -2.08. The van der Waals surface area contributed by atoms with Crippen molar-refractivity contribution in [2.24, 2.45) is 0 Å². The number of hydrogen-bond acceptors (Lipinski definition) is 4. The van der Waals surface area contributed by atoms with Crippen molar-refractivity contribution >= 4 is 134 Å². The Bertz CT molecular complexity index is 4660. The number of pyridine rings is 1. The fourth-order valence-corrected chi connectivity index (χ4v) is 13.8. The van der Waals surface area contributed by atoms with Gasteiger partial charge in [-0.2, -0.15) is 5.26 Å². The molecule has 68 heavy (non-hydrogen) atoms. The zero-order chi connectivity index (χ0) is 44.8. The molecule has 0 unspecified atom stereocenters. The van der Waals surface area contributed by atoms with Gasteiger partial charge in [0.25, 0.3) is 0 Å². The third-order valence-electron chi connectivity index (χ3n) is 14.2. The van der Waals surface area contributed by atoms with Gasteiger partial charge in [-0.25, -0.2) is 4.85 Å². The van der Waals surface area contributed by atoms with Gasteiger partial charge in [-0.3, -0.25) is 4.98 Å². The molecule has 0 saturated heterocycles. The maximum Gasteiger partial charge on any atom is 0.220 e. The van der Waals surface area contributed by atoms with Gasteiger partial charge < -0.3 is 9.13 Å². The number of aromatic nitrogens is 3. The molecule has 10 aromatic carbocycles. The van der Waals surface area contributed by atoms with Crippen molar-refractivity contribution in [3.05, 3.63) is 205 Å². The highest BCUT2D eigenvalue weighted by atomic mass is 32.1. The smallest absolute Gasteiger partial charge is 0.220 e. The van der Waals surface area contributed by atoms with Gasteiger partial charge in [0.05, 0.1) is 55.8 Å². The molecule has 0 aliphatic carbocycles. The summed E-state index contributed by atoms with van der Waals surface area (Å²) in [4.78, 5) is 9.64. The second-order valence-electron chi connectivity index (χ2n) is 17.5. The van der Waals surface area contributed by atoms with Crippen LogP contribution in [0.2, 0.25) is 0 Å². The third-order valence-corrected chi connectivity index (χ3v) is 16.5. The van der Waals surface area contributed by atoms with Crippen molar-refractivity contribution in [3.8, 4) is 39.7 Å². The normalized spacial score (nSPS) is 12.1. The van der Waals surface area contributed by atoms with Crippen LogP contribution in [0.4, 0.5) is 5.69 Å². The summed E-state index contributed by atoms with van der Waals surface area (Å²) >= 11 is 3.59. The first kappa shape index (κ1) is 37.4. The summed E-state index contributed by atoms with van der Waals surface area (Å²) < 4.78 is 9.46. The van der Waals surface area contributed by atoms with Crippen LogP contribution in [-0.2, 0) is 0 Å². The molecule has 0 N–H and O–H groups in total. The molecule has 0 amide bonds. The van der Waals surface area contributed by atoms with Crippen molar-refractivity contribution in [2.75, 3.05) is 0 Å². The number of hydrogen-bond donors (Lipinski definition) is 0. The van der Waals surface area contributed by atoms with E-state index < -0.39 is 0 Å². The number of nitrogens with zero attached hydrogens (tertiary/aromatic N) is 5. The van der Waals surface area contributed by atoms with Crippen LogP contribution in [-0.4, -0.2) is 14.1 Å². The van der Waals surface area contributed by atoms with E-state index in [1.165, 1.54) is 35.6 Å². The maximum absolute atomic E-state index is 12.1. The van der Waals surface area contributed by atoms with Crippen LogP contribution in [0.5, 0.6) is 0 Å². The van der Waals surface area contributed by atoms with Crippen LogP contribution in [0.1, 0.15) is 5.56 Å². The number of fused-ring (bicyclic) bond motifs is 13. The molecule has 15 aromatic rings. The quantitative estimate of drug-likeness (QED) is 0.131. The van der Waals surface area contributed by atoms with Crippen LogP contribution in [0.15, 0.2) is 188 Å². The Kier molecular flexibility index (Phi) is 7.61. The molecule has 0 fully saturated rings. The summed E-state index contributed by atoms with van der Waals surface area (Å²) in [6.45, 7) is 9.33. The fraction of sp³-hybridized carbons (Fsp3) is 0. The third kappa shape index (κ3) is 4.83. The first-order valence-electron chi connectivity index (χ1n) is 22.5. The largest absolute Gasteiger partial charge is 0.318 e. The Labute approximate surface area is 396 Å². The monoisotopic (exact) mass is 897 g/mol. The van der Waals surface area contributed by atoms with E-state index >= 15 is 0 Å². The molecular weight excluding hydrogens is 867 g/mol. The van der Waals surface area contributed by atoms with Crippen molar-refractivity contribution in [1.29, 1.82) is 5.26 Å². The SMILES string of the molecule is [C-]#[N+]c1c(-c2ccccc2)c(C#N)c(-n2c3cc4sc5ccccc5c4cc3c3ccc4c5ccccc5sc4c32)c(-c2ccccc2)c1-n1c2cccc3c4ccccc4c4nccc1c4c32. The van der Waals surface area contributed by atoms with Gasteiger partial charge in [-0.05, 0) is 58.3 Å². The van der Waals surface area contributed by atoms with E-state index in [1.54, 1.807) is 22.7 Å². The first-order chi connectivity index (χ1) is 33.7. The second kappa shape index (κ2) is 13.8. The molecule has 5 nitrogen and oxygen atoms in total. The van der Waals surface area contributed by atoms with E-state index in [0.29, 0.717) is 16.8 Å². The molecule has 312 valence electrons. The molecule has 0 saturated carbocycles. The average Bonchev–Trinajstić information content (AvgIpc) is 4.15. The van der Waals surface area contributed by atoms with E-state index in [9.17, 15) is 11.8 Å². The van der Waals surface area contributed by atoms with E-state index in [4.69, 9.17) is 4.98 Å². The summed E-state index contributed by atoms with van der Waals surface area (Å²) in [5.74, 6) is 0. The average molecular weight is 898 g/mol. The van der Waals surface area contributed by atoms with E-state index in [1.807, 2.05) is 42.6 Å². The number of rotatable bonds is 4. The zero-order valence-corrected chi connectivity index (χ0v) is 37.6. The zero-order valence-electron chi connectivity index (χ0n) is 36.0. The van der Waals surface area contributed by atoms with E-state index in [0.717, 1.165) is 98.1 Å². The van der Waals surface area contributed by atoms with Gasteiger partial charge in [0, 0.05) is 79.9 Å². The lowest BCUT2D eigenvalue weighted by Gasteiger charge is -2.25. The summed E-state index contributed by atoms with van der Waals surface area (Å²) in [7, 11) is 0. The van der Waals surface area contributed by atoms with Gasteiger partial charge >= 0.3 is 0 Å². The molecule has 0 aliphatic heterocycles. The Morgan fingerprint density at radius 1 is 0.471 bits per heavy atom. The minimum Gasteiger partial charge on any atom is -0.318 e. The van der Waals surface area contributed by atoms with Gasteiger partial charge in [0.15, 0.2) is 0 Å². The van der Waals surface area contributed by atoms with Crippen LogP contribution < -0.4 is 0 Å². The second-order valence-corrected chi connectivity index (χ2v) is 19.6. The lowest BCUT2D eigenvalue weighted by atomic mass is 9.88. The van der Waals surface area contributed by atoms with Crippen LogP contribution in [0.25, 0.3) is 144 Å². The molecule has 0 bridgehead atoms. The molecule has 15 rings (SSSR count). The van der Waals surface area contributed by atoms with Crippen molar-refractivity contribution in [1.82, 2.24) is 14.1 Å². The van der Waals surface area contributed by atoms with E-state index in [-0.39, 0.29) is 0 Å². The van der Waals surface area contributed by atoms with Crippen LogP contribution in [0.3, 0.4) is 0 Å². The summed E-state index contributed by atoms with van der Waals surface area (Å²) in [6.07, 6.45) is 1.90. The molecular formula is C61H31N5S2.